The van der Waals surface area contributed by atoms with Crippen molar-refractivity contribution in [1.82, 2.24) is 0 Å². The van der Waals surface area contributed by atoms with Gasteiger partial charge in [-0.15, -0.1) is 0 Å². The minimum absolute atomic E-state index is 0.577. The lowest BCUT2D eigenvalue weighted by Gasteiger charge is -2.11. The van der Waals surface area contributed by atoms with Gasteiger partial charge in [0.15, 0.2) is 11.5 Å². The first kappa shape index (κ1) is 11.7. The van der Waals surface area contributed by atoms with E-state index in [0.29, 0.717) is 9.52 Å². The average molecular weight is 242 g/mol. The van der Waals surface area contributed by atoms with Crippen molar-refractivity contribution >= 4 is 19.9 Å². The molecule has 0 amide bonds. The largest absolute Gasteiger partial charge is 0.493 e. The third-order valence-electron chi connectivity index (χ3n) is 2.46. The molecule has 0 bridgehead atoms. The Labute approximate surface area is 104 Å². The molecule has 2 radical (unpaired) electrons. The SMILES string of the molecule is COc1cccc([Si]c2ccccc2)c1OC. The molecular weight excluding hydrogens is 228 g/mol. The highest BCUT2D eigenvalue weighted by Crippen LogP contribution is 2.23. The monoisotopic (exact) mass is 242 g/mol. The highest BCUT2D eigenvalue weighted by Gasteiger charge is 2.10. The average Bonchev–Trinajstić information content (AvgIpc) is 2.39. The van der Waals surface area contributed by atoms with Crippen molar-refractivity contribution in [2.24, 2.45) is 0 Å². The lowest BCUT2D eigenvalue weighted by molar-refractivity contribution is 0.357. The van der Waals surface area contributed by atoms with Gasteiger partial charge in [-0.25, -0.2) is 0 Å². The van der Waals surface area contributed by atoms with Crippen LogP contribution in [0.1, 0.15) is 0 Å². The van der Waals surface area contributed by atoms with Gasteiger partial charge in [0.05, 0.1) is 14.2 Å². The number of rotatable bonds is 4. The van der Waals surface area contributed by atoms with Crippen molar-refractivity contribution in [3.63, 3.8) is 0 Å². The maximum absolute atomic E-state index is 5.42. The summed E-state index contributed by atoms with van der Waals surface area (Å²) in [5.74, 6) is 1.62. The van der Waals surface area contributed by atoms with Crippen molar-refractivity contribution in [2.75, 3.05) is 14.2 Å². The Kier molecular flexibility index (Phi) is 3.83. The number of hydrogen-bond donors (Lipinski definition) is 0. The number of ether oxygens (including phenoxy) is 2. The summed E-state index contributed by atoms with van der Waals surface area (Å²) in [5.41, 5.74) is 0. The molecular formula is C14H14O2Si. The molecule has 2 aromatic carbocycles. The summed E-state index contributed by atoms with van der Waals surface area (Å²) in [7, 11) is 3.91. The lowest BCUT2D eigenvalue weighted by atomic mass is 10.3. The van der Waals surface area contributed by atoms with Crippen LogP contribution in [0.3, 0.4) is 0 Å². The molecule has 0 spiro atoms. The third kappa shape index (κ3) is 2.68. The summed E-state index contributed by atoms with van der Waals surface area (Å²) in [5, 5.41) is 2.46. The van der Waals surface area contributed by atoms with E-state index >= 15 is 0 Å². The zero-order chi connectivity index (χ0) is 12.1. The Morgan fingerprint density at radius 2 is 1.59 bits per heavy atom. The molecule has 3 heteroatoms. The molecule has 0 fully saturated rings. The predicted octanol–water partition coefficient (Wildman–Crippen LogP) is 1.36. The van der Waals surface area contributed by atoms with Crippen LogP contribution in [0.4, 0.5) is 0 Å². The second-order valence-corrected chi connectivity index (χ2v) is 4.90. The third-order valence-corrected chi connectivity index (χ3v) is 3.74. The lowest BCUT2D eigenvalue weighted by Crippen LogP contribution is -2.28. The standard InChI is InChI=1S/C14H14O2Si/c1-15-12-9-6-10-13(14(12)16-2)17-11-7-4-3-5-8-11/h3-10H,1-2H3. The summed E-state index contributed by atoms with van der Waals surface area (Å²) < 4.78 is 10.7. The van der Waals surface area contributed by atoms with Crippen LogP contribution < -0.4 is 19.8 Å². The van der Waals surface area contributed by atoms with Gasteiger partial charge >= 0.3 is 0 Å². The van der Waals surface area contributed by atoms with Crippen molar-refractivity contribution < 1.29 is 9.47 Å². The first-order valence-corrected chi connectivity index (χ1v) is 6.38. The topological polar surface area (TPSA) is 18.5 Å². The first-order chi connectivity index (χ1) is 8.35. The smallest absolute Gasteiger partial charge is 0.160 e. The molecule has 0 saturated carbocycles. The van der Waals surface area contributed by atoms with E-state index in [4.69, 9.17) is 9.47 Å². The number of para-hydroxylation sites is 1. The van der Waals surface area contributed by atoms with E-state index in [1.807, 2.05) is 18.2 Å². The van der Waals surface area contributed by atoms with Gasteiger partial charge in [-0.2, -0.15) is 0 Å². The van der Waals surface area contributed by atoms with Gasteiger partial charge in [0.2, 0.25) is 0 Å². The maximum Gasteiger partial charge on any atom is 0.160 e. The summed E-state index contributed by atoms with van der Waals surface area (Å²) in [6.07, 6.45) is 0. The molecule has 0 atom stereocenters. The Hall–Kier alpha value is -1.74. The number of methoxy groups -OCH3 is 2. The van der Waals surface area contributed by atoms with Crippen LogP contribution in [0.2, 0.25) is 0 Å². The van der Waals surface area contributed by atoms with Crippen LogP contribution in [-0.2, 0) is 0 Å². The van der Waals surface area contributed by atoms with Crippen LogP contribution in [0.25, 0.3) is 0 Å². The summed E-state index contributed by atoms with van der Waals surface area (Å²) >= 11 is 0. The summed E-state index contributed by atoms with van der Waals surface area (Å²) in [6, 6.07) is 16.4. The minimum Gasteiger partial charge on any atom is -0.493 e. The van der Waals surface area contributed by atoms with Crippen molar-refractivity contribution in [3.8, 4) is 11.5 Å². The Balaban J connectivity index is 2.33. The molecule has 2 nitrogen and oxygen atoms in total. The Morgan fingerprint density at radius 3 is 2.24 bits per heavy atom. The molecule has 0 N–H and O–H groups in total. The molecule has 0 aliphatic carbocycles. The number of hydrogen-bond acceptors (Lipinski definition) is 2. The molecule has 0 unspecified atom stereocenters. The molecule has 17 heavy (non-hydrogen) atoms. The van der Waals surface area contributed by atoms with Gasteiger partial charge in [0, 0.05) is 0 Å². The summed E-state index contributed by atoms with van der Waals surface area (Å²) in [6.45, 7) is 0. The molecule has 0 aliphatic rings. The van der Waals surface area contributed by atoms with Crippen molar-refractivity contribution in [1.29, 1.82) is 0 Å². The fraction of sp³-hybridized carbons (Fsp3) is 0.143. The highest BCUT2D eigenvalue weighted by atomic mass is 28.2. The zero-order valence-corrected chi connectivity index (χ0v) is 10.9. The zero-order valence-electron chi connectivity index (χ0n) is 9.94. The molecule has 0 heterocycles. The molecule has 2 rings (SSSR count). The van der Waals surface area contributed by atoms with Crippen LogP contribution >= 0.6 is 0 Å². The fourth-order valence-corrected chi connectivity index (χ4v) is 2.85. The van der Waals surface area contributed by atoms with Crippen LogP contribution in [-0.4, -0.2) is 23.7 Å². The van der Waals surface area contributed by atoms with Gasteiger partial charge in [-0.05, 0) is 11.3 Å². The molecule has 0 saturated heterocycles. The quantitative estimate of drug-likeness (QED) is 0.754. The summed E-state index contributed by atoms with van der Waals surface area (Å²) in [4.78, 5) is 0. The normalized spacial score (nSPS) is 10.0. The van der Waals surface area contributed by atoms with Crippen molar-refractivity contribution in [3.05, 3.63) is 48.5 Å². The van der Waals surface area contributed by atoms with Crippen molar-refractivity contribution in [2.45, 2.75) is 0 Å². The predicted molar refractivity (Wildman–Crippen MR) is 71.0 cm³/mol. The van der Waals surface area contributed by atoms with Crippen LogP contribution in [0.15, 0.2) is 48.5 Å². The van der Waals surface area contributed by atoms with Crippen LogP contribution in [0, 0.1) is 0 Å². The minimum atomic E-state index is 0.577. The fourth-order valence-electron chi connectivity index (χ4n) is 1.66. The van der Waals surface area contributed by atoms with E-state index in [-0.39, 0.29) is 0 Å². The molecule has 2 aromatic rings. The van der Waals surface area contributed by atoms with E-state index in [1.54, 1.807) is 14.2 Å². The van der Waals surface area contributed by atoms with E-state index in [0.717, 1.165) is 16.7 Å². The van der Waals surface area contributed by atoms with E-state index in [1.165, 1.54) is 5.19 Å². The molecule has 0 aromatic heterocycles. The van der Waals surface area contributed by atoms with Gasteiger partial charge < -0.3 is 9.47 Å². The van der Waals surface area contributed by atoms with E-state index in [9.17, 15) is 0 Å². The van der Waals surface area contributed by atoms with Gasteiger partial charge in [-0.3, -0.25) is 0 Å². The molecule has 0 aliphatic heterocycles. The van der Waals surface area contributed by atoms with E-state index < -0.39 is 0 Å². The Bertz CT molecular complexity index is 483. The maximum atomic E-state index is 5.42. The second kappa shape index (κ2) is 5.55. The Morgan fingerprint density at radius 1 is 0.824 bits per heavy atom. The van der Waals surface area contributed by atoms with Crippen LogP contribution in [0.5, 0.6) is 11.5 Å². The first-order valence-electron chi connectivity index (χ1n) is 5.38. The van der Waals surface area contributed by atoms with Gasteiger partial charge in [0.1, 0.15) is 9.52 Å². The van der Waals surface area contributed by atoms with Gasteiger partial charge in [0.25, 0.3) is 0 Å². The van der Waals surface area contributed by atoms with Gasteiger partial charge in [-0.1, -0.05) is 47.7 Å². The number of benzene rings is 2. The van der Waals surface area contributed by atoms with E-state index in [2.05, 4.69) is 30.3 Å². The highest BCUT2D eigenvalue weighted by molar-refractivity contribution is 6.68. The second-order valence-electron chi connectivity index (χ2n) is 3.53. The molecule has 86 valence electrons.